The van der Waals surface area contributed by atoms with Crippen LogP contribution in [0.4, 0.5) is 4.39 Å². The molecule has 43 heavy (non-hydrogen) atoms. The zero-order valence-electron chi connectivity index (χ0n) is 26.4. The van der Waals surface area contributed by atoms with Gasteiger partial charge in [0.25, 0.3) is 0 Å². The molecule has 2 heterocycles. The summed E-state index contributed by atoms with van der Waals surface area (Å²) in [7, 11) is 0. The lowest BCUT2D eigenvalue weighted by Crippen LogP contribution is -2.55. The number of rotatable bonds is 14. The van der Waals surface area contributed by atoms with Crippen molar-refractivity contribution >= 4 is 5.78 Å². The molecule has 1 aromatic heterocycles. The van der Waals surface area contributed by atoms with Crippen LogP contribution in [0.5, 0.6) is 0 Å². The average molecular weight is 592 g/mol. The van der Waals surface area contributed by atoms with E-state index in [-0.39, 0.29) is 11.8 Å². The highest BCUT2D eigenvalue weighted by molar-refractivity contribution is 5.82. The van der Waals surface area contributed by atoms with E-state index in [1.54, 1.807) is 6.92 Å². The highest BCUT2D eigenvalue weighted by atomic mass is 19.1. The van der Waals surface area contributed by atoms with Gasteiger partial charge in [-0.2, -0.15) is 0 Å². The Hall–Kier alpha value is -2.19. The Morgan fingerprint density at radius 1 is 1.16 bits per heavy atom. The summed E-state index contributed by atoms with van der Waals surface area (Å²) in [5, 5.41) is 3.82. The van der Waals surface area contributed by atoms with Crippen molar-refractivity contribution in [2.24, 2.45) is 11.7 Å². The molecule has 0 radical (unpaired) electrons. The van der Waals surface area contributed by atoms with E-state index in [1.165, 1.54) is 29.7 Å². The monoisotopic (exact) mass is 591 g/mol. The molecule has 2 aromatic rings. The number of nitrogens with one attached hydrogen (secondary N) is 1. The standard InChI is InChI=1S/C36H54FN5O/c1-36(37)17-14-29(15-18-36)34(43)25-31(28-9-3-2-4-10-28)16-23-41-24-21-39-32(26-41)27-42(22-6-5-19-38)33-13-7-11-30-12-8-20-40-35(30)33/h2-4,8-10,12,20,29,31-33,39H,5-7,11,13-19,21-27,38H2,1H3/t29?,31-,32-,33+,36?/m1/s1. The molecule has 7 heteroatoms. The zero-order valence-corrected chi connectivity index (χ0v) is 26.4. The van der Waals surface area contributed by atoms with Crippen molar-refractivity contribution in [3.8, 4) is 0 Å². The number of Topliss-reactive ketones (excluding diaryl/α,β-unsaturated/α-hetero) is 1. The maximum atomic E-state index is 14.4. The molecule has 3 atom stereocenters. The molecule has 0 spiro atoms. The fourth-order valence-corrected chi connectivity index (χ4v) is 7.68. The lowest BCUT2D eigenvalue weighted by atomic mass is 9.76. The topological polar surface area (TPSA) is 74.5 Å². The summed E-state index contributed by atoms with van der Waals surface area (Å²) < 4.78 is 14.4. The third kappa shape index (κ3) is 9.16. The summed E-state index contributed by atoms with van der Waals surface area (Å²) in [6.45, 7) is 8.51. The number of halogens is 1. The van der Waals surface area contributed by atoms with Crippen LogP contribution in [-0.4, -0.2) is 78.1 Å². The molecule has 3 aliphatic rings. The van der Waals surface area contributed by atoms with E-state index >= 15 is 0 Å². The van der Waals surface area contributed by atoms with Crippen molar-refractivity contribution in [1.82, 2.24) is 20.1 Å². The molecule has 0 bridgehead atoms. The van der Waals surface area contributed by atoms with Crippen LogP contribution in [-0.2, 0) is 11.2 Å². The number of piperazine rings is 1. The highest BCUT2D eigenvalue weighted by Gasteiger charge is 2.35. The maximum Gasteiger partial charge on any atom is 0.136 e. The number of nitrogens with zero attached hydrogens (tertiary/aromatic N) is 3. The van der Waals surface area contributed by atoms with Crippen molar-refractivity contribution in [3.63, 3.8) is 0 Å². The van der Waals surface area contributed by atoms with Crippen molar-refractivity contribution in [2.45, 2.75) is 101 Å². The zero-order chi connectivity index (χ0) is 30.1. The average Bonchev–Trinajstić information content (AvgIpc) is 3.03. The van der Waals surface area contributed by atoms with Gasteiger partial charge in [0.1, 0.15) is 11.5 Å². The van der Waals surface area contributed by atoms with Gasteiger partial charge in [-0.05, 0) is 114 Å². The lowest BCUT2D eigenvalue weighted by Gasteiger charge is -2.41. The van der Waals surface area contributed by atoms with E-state index in [9.17, 15) is 9.18 Å². The summed E-state index contributed by atoms with van der Waals surface area (Å²) >= 11 is 0. The van der Waals surface area contributed by atoms with E-state index < -0.39 is 5.67 Å². The van der Waals surface area contributed by atoms with E-state index in [0.29, 0.717) is 50.0 Å². The number of benzene rings is 1. The molecule has 1 saturated carbocycles. The number of carbonyl (C=O) groups excluding carboxylic acids is 1. The first kappa shape index (κ1) is 32.2. The number of pyridine rings is 1. The Morgan fingerprint density at radius 3 is 2.77 bits per heavy atom. The Morgan fingerprint density at radius 2 is 1.98 bits per heavy atom. The first-order valence-corrected chi connectivity index (χ1v) is 17.0. The summed E-state index contributed by atoms with van der Waals surface area (Å²) in [6, 6.07) is 15.7. The molecular formula is C36H54FN5O. The van der Waals surface area contributed by atoms with E-state index in [4.69, 9.17) is 10.7 Å². The second-order valence-corrected chi connectivity index (χ2v) is 13.7. The first-order valence-electron chi connectivity index (χ1n) is 17.0. The van der Waals surface area contributed by atoms with Gasteiger partial charge in [-0.15, -0.1) is 0 Å². The molecule has 0 amide bonds. The number of hydrogen-bond donors (Lipinski definition) is 2. The minimum absolute atomic E-state index is 0.0169. The van der Waals surface area contributed by atoms with Crippen LogP contribution in [0.3, 0.4) is 0 Å². The van der Waals surface area contributed by atoms with E-state index in [2.05, 4.69) is 51.5 Å². The van der Waals surface area contributed by atoms with Gasteiger partial charge < -0.3 is 16.0 Å². The molecule has 5 rings (SSSR count). The van der Waals surface area contributed by atoms with Gasteiger partial charge in [-0.1, -0.05) is 36.4 Å². The Balaban J connectivity index is 1.20. The number of unbranched alkanes of at least 4 members (excludes halogenated alkanes) is 1. The van der Waals surface area contributed by atoms with Gasteiger partial charge in [0, 0.05) is 50.8 Å². The van der Waals surface area contributed by atoms with Gasteiger partial charge in [-0.3, -0.25) is 14.7 Å². The minimum atomic E-state index is -1.11. The number of alkyl halides is 1. The summed E-state index contributed by atoms with van der Waals surface area (Å²) in [6.07, 6.45) is 11.6. The molecule has 1 aliphatic heterocycles. The van der Waals surface area contributed by atoms with Crippen LogP contribution in [0.1, 0.15) is 99.9 Å². The number of aromatic nitrogens is 1. The van der Waals surface area contributed by atoms with Crippen molar-refractivity contribution < 1.29 is 9.18 Å². The Labute approximate surface area is 259 Å². The van der Waals surface area contributed by atoms with Gasteiger partial charge >= 0.3 is 0 Å². The predicted molar refractivity (Wildman–Crippen MR) is 173 cm³/mol. The minimum Gasteiger partial charge on any atom is -0.330 e. The van der Waals surface area contributed by atoms with Gasteiger partial charge in [0.15, 0.2) is 0 Å². The Kier molecular flexibility index (Phi) is 11.8. The van der Waals surface area contributed by atoms with Crippen molar-refractivity contribution in [1.29, 1.82) is 0 Å². The molecular weight excluding hydrogens is 537 g/mol. The molecule has 2 aliphatic carbocycles. The molecule has 6 nitrogen and oxygen atoms in total. The molecule has 0 unspecified atom stereocenters. The predicted octanol–water partition coefficient (Wildman–Crippen LogP) is 5.83. The normalized spacial score (nSPS) is 27.1. The quantitative estimate of drug-likeness (QED) is 0.270. The number of nitrogens with two attached hydrogens (primary N) is 1. The van der Waals surface area contributed by atoms with Crippen LogP contribution in [0.15, 0.2) is 48.7 Å². The van der Waals surface area contributed by atoms with Crippen LogP contribution < -0.4 is 11.1 Å². The second kappa shape index (κ2) is 15.7. The summed E-state index contributed by atoms with van der Waals surface area (Å²) in [5.41, 5.74) is 8.70. The van der Waals surface area contributed by atoms with E-state index in [1.807, 2.05) is 12.3 Å². The second-order valence-electron chi connectivity index (χ2n) is 13.7. The van der Waals surface area contributed by atoms with Crippen molar-refractivity contribution in [2.75, 3.05) is 45.8 Å². The highest BCUT2D eigenvalue weighted by Crippen LogP contribution is 2.37. The van der Waals surface area contributed by atoms with Crippen LogP contribution in [0.2, 0.25) is 0 Å². The fraction of sp³-hybridized carbons (Fsp3) is 0.667. The lowest BCUT2D eigenvalue weighted by molar-refractivity contribution is -0.125. The van der Waals surface area contributed by atoms with Gasteiger partial charge in [0.05, 0.1) is 11.7 Å². The van der Waals surface area contributed by atoms with Gasteiger partial charge in [0.2, 0.25) is 0 Å². The van der Waals surface area contributed by atoms with E-state index in [0.717, 1.165) is 71.5 Å². The van der Waals surface area contributed by atoms with Gasteiger partial charge in [-0.25, -0.2) is 4.39 Å². The number of hydrogen-bond acceptors (Lipinski definition) is 6. The van der Waals surface area contributed by atoms with Crippen LogP contribution in [0, 0.1) is 5.92 Å². The smallest absolute Gasteiger partial charge is 0.136 e. The molecule has 1 saturated heterocycles. The number of fused-ring (bicyclic) bond motifs is 1. The Bertz CT molecular complexity index is 1130. The number of ketones is 1. The fourth-order valence-electron chi connectivity index (χ4n) is 7.68. The molecule has 2 fully saturated rings. The largest absolute Gasteiger partial charge is 0.330 e. The third-order valence-electron chi connectivity index (χ3n) is 10.3. The van der Waals surface area contributed by atoms with Crippen molar-refractivity contribution in [3.05, 3.63) is 65.5 Å². The van der Waals surface area contributed by atoms with Crippen LogP contribution in [0.25, 0.3) is 0 Å². The summed E-state index contributed by atoms with van der Waals surface area (Å²) in [5.74, 6) is 0.554. The SMILES string of the molecule is CC1(F)CCC(C(=O)C[C@@H](CCN2CCN[C@@H](CN(CCCCN)[C@H]3CCCc4cccnc43)C2)c2ccccc2)CC1. The number of carbonyl (C=O) groups is 1. The molecule has 3 N–H and O–H groups in total. The third-order valence-corrected chi connectivity index (χ3v) is 10.3. The molecule has 1 aromatic carbocycles. The molecule has 236 valence electrons. The summed E-state index contributed by atoms with van der Waals surface area (Å²) in [4.78, 5) is 23.5. The van der Waals surface area contributed by atoms with Crippen LogP contribution >= 0.6 is 0 Å². The first-order chi connectivity index (χ1) is 20.9. The number of aryl methyl sites for hydroxylation is 1. The maximum absolute atomic E-state index is 14.4.